The van der Waals surface area contributed by atoms with Gasteiger partial charge in [0.05, 0.1) is 17.6 Å². The largest absolute Gasteiger partial charge is 0.434 e. The van der Waals surface area contributed by atoms with Crippen LogP contribution >= 0.6 is 35.3 Å². The Kier molecular flexibility index (Phi) is 11.1. The molecule has 0 saturated heterocycles. The van der Waals surface area contributed by atoms with Crippen LogP contribution in [0.25, 0.3) is 0 Å². The van der Waals surface area contributed by atoms with Crippen LogP contribution in [-0.2, 0) is 12.6 Å². The quantitative estimate of drug-likeness (QED) is 0.211. The number of nitrogens with one attached hydrogen (secondary N) is 2. The van der Waals surface area contributed by atoms with Crippen LogP contribution in [-0.4, -0.2) is 49.6 Å². The van der Waals surface area contributed by atoms with Crippen molar-refractivity contribution in [1.82, 2.24) is 20.5 Å². The van der Waals surface area contributed by atoms with Crippen LogP contribution in [0.4, 0.5) is 22.0 Å². The SMILES string of the molecule is CCNC(=NCC(c1c(F)cccc1F)N(C)C)NCCc1nc(C(F)(F)F)cs1.I. The summed E-state index contributed by atoms with van der Waals surface area (Å²) in [4.78, 5) is 9.65. The summed E-state index contributed by atoms with van der Waals surface area (Å²) in [5.74, 6) is -0.897. The number of thiazole rings is 1. The van der Waals surface area contributed by atoms with Gasteiger partial charge in [-0.05, 0) is 33.2 Å². The minimum Gasteiger partial charge on any atom is -0.357 e. The molecule has 5 nitrogen and oxygen atoms in total. The molecule has 0 bridgehead atoms. The number of benzene rings is 1. The lowest BCUT2D eigenvalue weighted by atomic mass is 10.0. The Morgan fingerprint density at radius 3 is 2.35 bits per heavy atom. The van der Waals surface area contributed by atoms with Crippen LogP contribution in [0.5, 0.6) is 0 Å². The van der Waals surface area contributed by atoms with E-state index in [9.17, 15) is 22.0 Å². The Morgan fingerprint density at radius 1 is 1.19 bits per heavy atom. The lowest BCUT2D eigenvalue weighted by Gasteiger charge is -2.24. The summed E-state index contributed by atoms with van der Waals surface area (Å²) in [6.45, 7) is 2.78. The molecular weight excluding hydrogens is 552 g/mol. The van der Waals surface area contributed by atoms with E-state index >= 15 is 0 Å². The molecule has 0 saturated carbocycles. The van der Waals surface area contributed by atoms with Gasteiger partial charge in [-0.15, -0.1) is 35.3 Å². The Morgan fingerprint density at radius 2 is 1.84 bits per heavy atom. The summed E-state index contributed by atoms with van der Waals surface area (Å²) in [6.07, 6.45) is -4.17. The molecule has 0 fully saturated rings. The maximum Gasteiger partial charge on any atom is 0.434 e. The summed E-state index contributed by atoms with van der Waals surface area (Å²) in [5.41, 5.74) is -0.964. The van der Waals surface area contributed by atoms with Gasteiger partial charge in [-0.3, -0.25) is 4.99 Å². The first-order valence-corrected chi connectivity index (χ1v) is 10.2. The molecule has 12 heteroatoms. The summed E-state index contributed by atoms with van der Waals surface area (Å²) in [5, 5.41) is 7.36. The molecule has 0 spiro atoms. The van der Waals surface area contributed by atoms with Gasteiger partial charge in [0.1, 0.15) is 11.6 Å². The number of aliphatic imine (C=N–C) groups is 1. The van der Waals surface area contributed by atoms with Crippen molar-refractivity contribution in [3.8, 4) is 0 Å². The Labute approximate surface area is 199 Å². The first-order valence-electron chi connectivity index (χ1n) is 9.27. The highest BCUT2D eigenvalue weighted by atomic mass is 127. The first-order chi connectivity index (χ1) is 14.1. The second-order valence-corrected chi connectivity index (χ2v) is 7.58. The van der Waals surface area contributed by atoms with Crippen molar-refractivity contribution >= 4 is 41.3 Å². The van der Waals surface area contributed by atoms with Crippen LogP contribution in [0.15, 0.2) is 28.6 Å². The number of nitrogens with zero attached hydrogens (tertiary/aromatic N) is 3. The fourth-order valence-electron chi connectivity index (χ4n) is 2.71. The van der Waals surface area contributed by atoms with Gasteiger partial charge in [0.2, 0.25) is 0 Å². The fourth-order valence-corrected chi connectivity index (χ4v) is 3.51. The number of alkyl halides is 3. The van der Waals surface area contributed by atoms with Gasteiger partial charge in [-0.2, -0.15) is 13.2 Å². The predicted molar refractivity (Wildman–Crippen MR) is 123 cm³/mol. The zero-order valence-corrected chi connectivity index (χ0v) is 20.4. The van der Waals surface area contributed by atoms with E-state index in [2.05, 4.69) is 20.6 Å². The van der Waals surface area contributed by atoms with Gasteiger partial charge >= 0.3 is 6.18 Å². The zero-order chi connectivity index (χ0) is 22.3. The molecule has 0 aliphatic carbocycles. The van der Waals surface area contributed by atoms with Crippen LogP contribution in [0.3, 0.4) is 0 Å². The van der Waals surface area contributed by atoms with E-state index in [0.717, 1.165) is 16.7 Å². The number of likely N-dealkylation sites (N-methyl/N-ethyl adjacent to an activating group) is 1. The van der Waals surface area contributed by atoms with Gasteiger partial charge in [0.15, 0.2) is 11.7 Å². The molecule has 1 aromatic heterocycles. The topological polar surface area (TPSA) is 52.6 Å². The number of rotatable bonds is 8. The third-order valence-electron chi connectivity index (χ3n) is 4.20. The van der Waals surface area contributed by atoms with E-state index in [1.54, 1.807) is 19.0 Å². The molecule has 0 aliphatic rings. The lowest BCUT2D eigenvalue weighted by molar-refractivity contribution is -0.140. The average Bonchev–Trinajstić information content (AvgIpc) is 3.13. The van der Waals surface area contributed by atoms with E-state index in [0.29, 0.717) is 24.1 Å². The second kappa shape index (κ2) is 12.5. The van der Waals surface area contributed by atoms with E-state index in [1.165, 1.54) is 18.2 Å². The Hall–Kier alpha value is -1.54. The van der Waals surface area contributed by atoms with Gasteiger partial charge in [0.25, 0.3) is 0 Å². The molecule has 0 radical (unpaired) electrons. The molecule has 1 atom stereocenters. The molecule has 0 amide bonds. The highest BCUT2D eigenvalue weighted by Crippen LogP contribution is 2.30. The number of hydrogen-bond donors (Lipinski definition) is 2. The standard InChI is InChI=1S/C19H24F5N5S.HI/c1-4-25-18(26-9-8-16-28-15(11-30-16)19(22,23)24)27-10-14(29(2)3)17-12(20)6-5-7-13(17)21;/h5-7,11,14H,4,8-10H2,1-3H3,(H2,25,26,27);1H. The van der Waals surface area contributed by atoms with E-state index in [4.69, 9.17) is 0 Å². The molecule has 2 rings (SSSR count). The number of aromatic nitrogens is 1. The van der Waals surface area contributed by atoms with E-state index < -0.39 is 29.5 Å². The maximum atomic E-state index is 14.2. The van der Waals surface area contributed by atoms with Gasteiger partial charge < -0.3 is 15.5 Å². The molecular formula is C19H25F5IN5S. The molecule has 2 N–H and O–H groups in total. The molecule has 1 unspecified atom stereocenters. The molecule has 1 heterocycles. The molecule has 174 valence electrons. The predicted octanol–water partition coefficient (Wildman–Crippen LogP) is 4.46. The highest BCUT2D eigenvalue weighted by molar-refractivity contribution is 14.0. The van der Waals surface area contributed by atoms with Gasteiger partial charge in [-0.25, -0.2) is 13.8 Å². The van der Waals surface area contributed by atoms with Gasteiger partial charge in [-0.1, -0.05) is 6.07 Å². The van der Waals surface area contributed by atoms with Crippen LogP contribution < -0.4 is 10.6 Å². The third-order valence-corrected chi connectivity index (χ3v) is 5.10. The number of guanidine groups is 1. The van der Waals surface area contributed by atoms with Crippen LogP contribution in [0.2, 0.25) is 0 Å². The molecule has 2 aromatic rings. The van der Waals surface area contributed by atoms with Crippen molar-refractivity contribution in [1.29, 1.82) is 0 Å². The number of hydrogen-bond acceptors (Lipinski definition) is 4. The summed E-state index contributed by atoms with van der Waals surface area (Å²) < 4.78 is 66.3. The van der Waals surface area contributed by atoms with E-state index in [1.807, 2.05) is 6.92 Å². The van der Waals surface area contributed by atoms with Crippen molar-refractivity contribution in [3.63, 3.8) is 0 Å². The van der Waals surface area contributed by atoms with Crippen molar-refractivity contribution in [2.45, 2.75) is 25.6 Å². The number of halogens is 6. The van der Waals surface area contributed by atoms with Crippen LogP contribution in [0, 0.1) is 11.6 Å². The minimum absolute atomic E-state index is 0. The third kappa shape index (κ3) is 8.15. The first kappa shape index (κ1) is 27.5. The smallest absolute Gasteiger partial charge is 0.357 e. The fraction of sp³-hybridized carbons (Fsp3) is 0.474. The van der Waals surface area contributed by atoms with Crippen LogP contribution in [0.1, 0.15) is 29.2 Å². The normalized spacial score (nSPS) is 13.1. The second-order valence-electron chi connectivity index (χ2n) is 6.64. The maximum absolute atomic E-state index is 14.2. The summed E-state index contributed by atoms with van der Waals surface area (Å²) in [7, 11) is 3.40. The van der Waals surface area contributed by atoms with Crippen molar-refractivity contribution in [2.24, 2.45) is 4.99 Å². The Bertz CT molecular complexity index is 836. The van der Waals surface area contributed by atoms with Gasteiger partial charge in [0, 0.05) is 30.5 Å². The zero-order valence-electron chi connectivity index (χ0n) is 17.3. The van der Waals surface area contributed by atoms with Crippen molar-refractivity contribution < 1.29 is 22.0 Å². The van der Waals surface area contributed by atoms with E-state index in [-0.39, 0.29) is 42.5 Å². The van der Waals surface area contributed by atoms with Crippen molar-refractivity contribution in [3.05, 3.63) is 51.5 Å². The highest BCUT2D eigenvalue weighted by Gasteiger charge is 2.33. The Balaban J connectivity index is 0.00000480. The molecule has 0 aliphatic heterocycles. The average molecular weight is 577 g/mol. The molecule has 31 heavy (non-hydrogen) atoms. The molecule has 1 aromatic carbocycles. The monoisotopic (exact) mass is 577 g/mol. The summed E-state index contributed by atoms with van der Waals surface area (Å²) in [6, 6.07) is 3.07. The summed E-state index contributed by atoms with van der Waals surface area (Å²) >= 11 is 0.943. The van der Waals surface area contributed by atoms with Crippen molar-refractivity contribution in [2.75, 3.05) is 33.7 Å². The lowest BCUT2D eigenvalue weighted by Crippen LogP contribution is -2.39. The minimum atomic E-state index is -4.46.